The van der Waals surface area contributed by atoms with Crippen LogP contribution in [0.15, 0.2) is 24.3 Å². The van der Waals surface area contributed by atoms with Crippen LogP contribution in [0.4, 0.5) is 0 Å². The molecule has 0 saturated heterocycles. The van der Waals surface area contributed by atoms with Gasteiger partial charge in [-0.2, -0.15) is 0 Å². The molecule has 1 heterocycles. The second-order valence-corrected chi connectivity index (χ2v) is 5.41. The van der Waals surface area contributed by atoms with Gasteiger partial charge in [0.2, 0.25) is 5.91 Å². The van der Waals surface area contributed by atoms with Crippen LogP contribution >= 0.6 is 0 Å². The lowest BCUT2D eigenvalue weighted by molar-refractivity contribution is -0.125. The Hall–Kier alpha value is -1.77. The molecule has 0 saturated carbocycles. The Labute approximate surface area is 114 Å². The first-order valence-corrected chi connectivity index (χ1v) is 6.75. The van der Waals surface area contributed by atoms with Gasteiger partial charge < -0.3 is 9.64 Å². The van der Waals surface area contributed by atoms with Crippen LogP contribution in [-0.4, -0.2) is 31.0 Å². The number of amides is 1. The van der Waals surface area contributed by atoms with Crippen LogP contribution in [0, 0.1) is 5.92 Å². The van der Waals surface area contributed by atoms with Gasteiger partial charge in [0, 0.05) is 26.1 Å². The van der Waals surface area contributed by atoms with Crippen LogP contribution in [0.5, 0.6) is 5.75 Å². The van der Waals surface area contributed by atoms with E-state index in [0.29, 0.717) is 5.92 Å². The molecule has 0 fully saturated rings. The van der Waals surface area contributed by atoms with Crippen LogP contribution in [-0.2, 0) is 11.2 Å². The average Bonchev–Trinajstić information content (AvgIpc) is 2.82. The van der Waals surface area contributed by atoms with E-state index in [-0.39, 0.29) is 5.91 Å². The number of likely N-dealkylation sites (N-methyl/N-ethyl adjacent to an activating group) is 1. The molecular formula is C16H21NO2. The topological polar surface area (TPSA) is 29.5 Å². The van der Waals surface area contributed by atoms with E-state index < -0.39 is 0 Å². The molecule has 19 heavy (non-hydrogen) atoms. The fourth-order valence-electron chi connectivity index (χ4n) is 2.24. The number of benzene rings is 1. The molecule has 0 radical (unpaired) electrons. The third-order valence-corrected chi connectivity index (χ3v) is 3.15. The summed E-state index contributed by atoms with van der Waals surface area (Å²) in [6.07, 6.45) is 4.47. The number of hydrogen-bond acceptors (Lipinski definition) is 2. The van der Waals surface area contributed by atoms with E-state index in [4.69, 9.17) is 4.74 Å². The molecule has 3 nitrogen and oxygen atoms in total. The van der Waals surface area contributed by atoms with E-state index in [1.165, 1.54) is 5.56 Å². The van der Waals surface area contributed by atoms with Crippen molar-refractivity contribution in [3.8, 4) is 5.75 Å². The van der Waals surface area contributed by atoms with Gasteiger partial charge in [-0.1, -0.05) is 19.9 Å². The van der Waals surface area contributed by atoms with Crippen molar-refractivity contribution >= 4 is 12.0 Å². The van der Waals surface area contributed by atoms with Crippen LogP contribution in [0.3, 0.4) is 0 Å². The molecule has 0 spiro atoms. The smallest absolute Gasteiger partial charge is 0.246 e. The first-order valence-electron chi connectivity index (χ1n) is 6.75. The summed E-state index contributed by atoms with van der Waals surface area (Å²) in [5.74, 6) is 1.50. The highest BCUT2D eigenvalue weighted by Gasteiger charge is 2.11. The summed E-state index contributed by atoms with van der Waals surface area (Å²) in [5.41, 5.74) is 2.28. The van der Waals surface area contributed by atoms with Gasteiger partial charge in [0.1, 0.15) is 5.75 Å². The summed E-state index contributed by atoms with van der Waals surface area (Å²) in [4.78, 5) is 13.6. The number of rotatable bonds is 4. The van der Waals surface area contributed by atoms with Crippen molar-refractivity contribution in [3.63, 3.8) is 0 Å². The van der Waals surface area contributed by atoms with Crippen molar-refractivity contribution in [3.05, 3.63) is 35.4 Å². The summed E-state index contributed by atoms with van der Waals surface area (Å²) < 4.78 is 5.46. The van der Waals surface area contributed by atoms with E-state index in [1.807, 2.05) is 25.3 Å². The highest BCUT2D eigenvalue weighted by molar-refractivity contribution is 5.91. The van der Waals surface area contributed by atoms with E-state index in [9.17, 15) is 4.79 Å². The van der Waals surface area contributed by atoms with Crippen molar-refractivity contribution in [1.29, 1.82) is 0 Å². The normalized spacial score (nSPS) is 13.7. The molecule has 0 unspecified atom stereocenters. The first-order chi connectivity index (χ1) is 9.06. The van der Waals surface area contributed by atoms with E-state index in [1.54, 1.807) is 11.0 Å². The van der Waals surface area contributed by atoms with Gasteiger partial charge in [0.05, 0.1) is 6.61 Å². The molecule has 0 aromatic heterocycles. The molecule has 0 bridgehead atoms. The lowest BCUT2D eigenvalue weighted by Crippen LogP contribution is -2.28. The molecule has 1 aromatic carbocycles. The van der Waals surface area contributed by atoms with Crippen molar-refractivity contribution in [2.45, 2.75) is 20.3 Å². The van der Waals surface area contributed by atoms with Crippen molar-refractivity contribution in [2.75, 3.05) is 20.2 Å². The first kappa shape index (κ1) is 13.7. The summed E-state index contributed by atoms with van der Waals surface area (Å²) in [5, 5.41) is 0. The van der Waals surface area contributed by atoms with Crippen LogP contribution in [0.25, 0.3) is 6.08 Å². The summed E-state index contributed by atoms with van der Waals surface area (Å²) in [6, 6.07) is 6.05. The summed E-state index contributed by atoms with van der Waals surface area (Å²) in [7, 11) is 1.84. The number of carbonyl (C=O) groups excluding carboxylic acids is 1. The molecule has 1 amide bonds. The fourth-order valence-corrected chi connectivity index (χ4v) is 2.24. The number of carbonyl (C=O) groups is 1. The number of nitrogens with zero attached hydrogens (tertiary/aromatic N) is 1. The zero-order valence-corrected chi connectivity index (χ0v) is 11.8. The van der Waals surface area contributed by atoms with Crippen LogP contribution in [0.1, 0.15) is 25.0 Å². The summed E-state index contributed by atoms with van der Waals surface area (Å²) in [6.45, 7) is 5.75. The Kier molecular flexibility index (Phi) is 4.25. The van der Waals surface area contributed by atoms with Crippen LogP contribution in [0.2, 0.25) is 0 Å². The van der Waals surface area contributed by atoms with Crippen molar-refractivity contribution in [1.82, 2.24) is 4.90 Å². The van der Waals surface area contributed by atoms with Crippen LogP contribution < -0.4 is 4.74 Å². The molecule has 2 rings (SSSR count). The molecular weight excluding hydrogens is 238 g/mol. The molecule has 0 N–H and O–H groups in total. The average molecular weight is 259 g/mol. The highest BCUT2D eigenvalue weighted by Crippen LogP contribution is 2.26. The maximum absolute atomic E-state index is 11.9. The Morgan fingerprint density at radius 1 is 1.47 bits per heavy atom. The van der Waals surface area contributed by atoms with Gasteiger partial charge in [0.25, 0.3) is 0 Å². The quantitative estimate of drug-likeness (QED) is 0.778. The Bertz CT molecular complexity index is 492. The lowest BCUT2D eigenvalue weighted by Gasteiger charge is -2.17. The molecule has 3 heteroatoms. The molecule has 1 aliphatic rings. The molecule has 1 aliphatic heterocycles. The van der Waals surface area contributed by atoms with Gasteiger partial charge in [-0.05, 0) is 35.3 Å². The standard InChI is InChI=1S/C16H21NO2/c1-12(2)11-17(3)16(18)7-5-13-4-6-15-14(10-13)8-9-19-15/h4-7,10,12H,8-9,11H2,1-3H3/b7-5+. The number of hydrogen-bond donors (Lipinski definition) is 0. The zero-order chi connectivity index (χ0) is 13.8. The number of fused-ring (bicyclic) bond motifs is 1. The predicted molar refractivity (Wildman–Crippen MR) is 77.2 cm³/mol. The third-order valence-electron chi connectivity index (χ3n) is 3.15. The monoisotopic (exact) mass is 259 g/mol. The van der Waals surface area contributed by atoms with Gasteiger partial charge in [-0.15, -0.1) is 0 Å². The van der Waals surface area contributed by atoms with Crippen molar-refractivity contribution in [2.24, 2.45) is 5.92 Å². The third kappa shape index (κ3) is 3.60. The second kappa shape index (κ2) is 5.91. The number of ether oxygens (including phenoxy) is 1. The Morgan fingerprint density at radius 3 is 3.00 bits per heavy atom. The SMILES string of the molecule is CC(C)CN(C)C(=O)/C=C/c1ccc2c(c1)CCO2. The minimum Gasteiger partial charge on any atom is -0.493 e. The van der Waals surface area contributed by atoms with Gasteiger partial charge in [0.15, 0.2) is 0 Å². The fraction of sp³-hybridized carbons (Fsp3) is 0.438. The van der Waals surface area contributed by atoms with Gasteiger partial charge >= 0.3 is 0 Å². The van der Waals surface area contributed by atoms with E-state index in [2.05, 4.69) is 19.9 Å². The minimum atomic E-state index is 0.0467. The maximum atomic E-state index is 11.9. The Balaban J connectivity index is 2.00. The highest BCUT2D eigenvalue weighted by atomic mass is 16.5. The van der Waals surface area contributed by atoms with Gasteiger partial charge in [-0.3, -0.25) is 4.79 Å². The molecule has 1 aromatic rings. The minimum absolute atomic E-state index is 0.0467. The summed E-state index contributed by atoms with van der Waals surface area (Å²) >= 11 is 0. The van der Waals surface area contributed by atoms with E-state index >= 15 is 0 Å². The van der Waals surface area contributed by atoms with Crippen molar-refractivity contribution < 1.29 is 9.53 Å². The largest absolute Gasteiger partial charge is 0.493 e. The molecule has 0 atom stereocenters. The molecule has 0 aliphatic carbocycles. The maximum Gasteiger partial charge on any atom is 0.246 e. The second-order valence-electron chi connectivity index (χ2n) is 5.41. The van der Waals surface area contributed by atoms with E-state index in [0.717, 1.165) is 30.9 Å². The van der Waals surface area contributed by atoms with Gasteiger partial charge in [-0.25, -0.2) is 0 Å². The molecule has 102 valence electrons. The lowest BCUT2D eigenvalue weighted by atomic mass is 10.1. The Morgan fingerprint density at radius 2 is 2.26 bits per heavy atom. The predicted octanol–water partition coefficient (Wildman–Crippen LogP) is 2.75. The zero-order valence-electron chi connectivity index (χ0n) is 11.8.